The molecule has 0 aromatic carbocycles. The molecule has 2 fully saturated rings. The molecule has 0 aliphatic heterocycles. The Hall–Kier alpha value is 0.0900. The van der Waals surface area contributed by atoms with Gasteiger partial charge in [-0.15, -0.1) is 0 Å². The Labute approximate surface area is 74.5 Å². The lowest BCUT2D eigenvalue weighted by Gasteiger charge is -2.39. The maximum absolute atomic E-state index is 4.80. The summed E-state index contributed by atoms with van der Waals surface area (Å²) < 4.78 is 0.273. The fourth-order valence-corrected chi connectivity index (χ4v) is 3.19. The van der Waals surface area contributed by atoms with Gasteiger partial charge in [0.25, 0.3) is 0 Å². The third-order valence-corrected chi connectivity index (χ3v) is 4.91. The number of hydrogen-bond acceptors (Lipinski definition) is 1. The summed E-state index contributed by atoms with van der Waals surface area (Å²) in [5, 5.41) is 0. The van der Waals surface area contributed by atoms with Gasteiger partial charge in [-0.2, -0.15) is 12.6 Å². The molecule has 0 amide bonds. The van der Waals surface area contributed by atoms with E-state index in [1.165, 1.54) is 24.8 Å². The molecule has 0 aromatic rings. The molecule has 0 aromatic heterocycles. The highest BCUT2D eigenvalue weighted by atomic mass is 32.1. The molecule has 0 unspecified atom stereocenters. The van der Waals surface area contributed by atoms with E-state index in [1.807, 2.05) is 0 Å². The van der Waals surface area contributed by atoms with Crippen LogP contribution >= 0.6 is 12.6 Å². The highest BCUT2D eigenvalue weighted by molar-refractivity contribution is 7.81. The summed E-state index contributed by atoms with van der Waals surface area (Å²) in [7, 11) is 0. The normalized spacial score (nSPS) is 46.8. The first kappa shape index (κ1) is 7.72. The maximum atomic E-state index is 4.80. The van der Waals surface area contributed by atoms with Gasteiger partial charge >= 0.3 is 0 Å². The molecule has 2 saturated carbocycles. The smallest absolute Gasteiger partial charge is 0.0223 e. The van der Waals surface area contributed by atoms with Crippen LogP contribution in [0.1, 0.15) is 33.1 Å². The van der Waals surface area contributed by atoms with Crippen molar-refractivity contribution in [3.8, 4) is 0 Å². The standard InChI is InChI=1S/C10H16S/c1-7-8-4-5-10(11,6-8)9(7,2)3/h8,11H,1,4-6H2,2-3H3/t8-,10-/m1/s1. The summed E-state index contributed by atoms with van der Waals surface area (Å²) in [6.07, 6.45) is 3.88. The van der Waals surface area contributed by atoms with Crippen molar-refractivity contribution in [2.45, 2.75) is 37.9 Å². The molecular formula is C10H16S. The van der Waals surface area contributed by atoms with Crippen molar-refractivity contribution in [2.75, 3.05) is 0 Å². The van der Waals surface area contributed by atoms with Crippen LogP contribution in [0.4, 0.5) is 0 Å². The van der Waals surface area contributed by atoms with Crippen LogP contribution in [0, 0.1) is 11.3 Å². The predicted molar refractivity (Wildman–Crippen MR) is 52.0 cm³/mol. The summed E-state index contributed by atoms with van der Waals surface area (Å²) in [6.45, 7) is 8.77. The van der Waals surface area contributed by atoms with Crippen molar-refractivity contribution >= 4 is 12.6 Å². The lowest BCUT2D eigenvalue weighted by atomic mass is 9.73. The molecule has 0 saturated heterocycles. The number of allylic oxidation sites excluding steroid dienone is 1. The zero-order chi connectivity index (χ0) is 8.28. The zero-order valence-electron chi connectivity index (χ0n) is 7.35. The lowest BCUT2D eigenvalue weighted by molar-refractivity contribution is 0.327. The van der Waals surface area contributed by atoms with Crippen LogP contribution in [0.2, 0.25) is 0 Å². The molecule has 11 heavy (non-hydrogen) atoms. The van der Waals surface area contributed by atoms with Crippen molar-refractivity contribution in [2.24, 2.45) is 11.3 Å². The highest BCUT2D eigenvalue weighted by Crippen LogP contribution is 2.63. The van der Waals surface area contributed by atoms with Gasteiger partial charge in [0.15, 0.2) is 0 Å². The Bertz CT molecular complexity index is 217. The minimum absolute atomic E-state index is 0.273. The third-order valence-electron chi connectivity index (χ3n) is 3.95. The van der Waals surface area contributed by atoms with Crippen molar-refractivity contribution in [1.82, 2.24) is 0 Å². The maximum Gasteiger partial charge on any atom is 0.0223 e. The fraction of sp³-hybridized carbons (Fsp3) is 0.800. The van der Waals surface area contributed by atoms with Gasteiger partial charge in [0, 0.05) is 10.2 Å². The topological polar surface area (TPSA) is 0 Å². The van der Waals surface area contributed by atoms with Crippen molar-refractivity contribution in [1.29, 1.82) is 0 Å². The lowest BCUT2D eigenvalue weighted by Crippen LogP contribution is -2.35. The molecule has 2 aliphatic rings. The summed E-state index contributed by atoms with van der Waals surface area (Å²) in [5.74, 6) is 0.780. The largest absolute Gasteiger partial charge is 0.172 e. The molecule has 2 aliphatic carbocycles. The Morgan fingerprint density at radius 1 is 1.55 bits per heavy atom. The minimum atomic E-state index is 0.273. The van der Waals surface area contributed by atoms with E-state index in [2.05, 4.69) is 20.4 Å². The fourth-order valence-electron chi connectivity index (χ4n) is 2.70. The number of hydrogen-bond donors (Lipinski definition) is 1. The predicted octanol–water partition coefficient (Wildman–Crippen LogP) is 3.05. The van der Waals surface area contributed by atoms with Crippen LogP contribution in [-0.4, -0.2) is 4.75 Å². The van der Waals surface area contributed by atoms with Crippen LogP contribution in [-0.2, 0) is 0 Å². The van der Waals surface area contributed by atoms with Gasteiger partial charge in [0.1, 0.15) is 0 Å². The van der Waals surface area contributed by atoms with E-state index in [1.54, 1.807) is 0 Å². The summed E-state index contributed by atoms with van der Waals surface area (Å²) >= 11 is 4.80. The molecule has 1 heteroatoms. The van der Waals surface area contributed by atoms with Gasteiger partial charge in [-0.3, -0.25) is 0 Å². The molecule has 2 rings (SSSR count). The molecule has 62 valence electrons. The Balaban J connectivity index is 2.44. The van der Waals surface area contributed by atoms with E-state index in [-0.39, 0.29) is 10.2 Å². The second-order valence-corrected chi connectivity index (χ2v) is 5.48. The van der Waals surface area contributed by atoms with Crippen LogP contribution in [0.3, 0.4) is 0 Å². The first-order chi connectivity index (χ1) is 4.97. The molecule has 0 nitrogen and oxygen atoms in total. The first-order valence-corrected chi connectivity index (χ1v) is 4.84. The second-order valence-electron chi connectivity index (χ2n) is 4.62. The molecule has 0 N–H and O–H groups in total. The van der Waals surface area contributed by atoms with E-state index in [4.69, 9.17) is 12.6 Å². The number of rotatable bonds is 0. The Kier molecular flexibility index (Phi) is 1.32. The van der Waals surface area contributed by atoms with Crippen molar-refractivity contribution in [3.05, 3.63) is 12.2 Å². The third kappa shape index (κ3) is 0.729. The van der Waals surface area contributed by atoms with Crippen LogP contribution < -0.4 is 0 Å². The van der Waals surface area contributed by atoms with Crippen LogP contribution in [0.25, 0.3) is 0 Å². The van der Waals surface area contributed by atoms with Gasteiger partial charge in [-0.25, -0.2) is 0 Å². The van der Waals surface area contributed by atoms with E-state index < -0.39 is 0 Å². The average molecular weight is 168 g/mol. The second kappa shape index (κ2) is 1.87. The minimum Gasteiger partial charge on any atom is -0.172 e. The van der Waals surface area contributed by atoms with Crippen molar-refractivity contribution < 1.29 is 0 Å². The quantitative estimate of drug-likeness (QED) is 0.417. The van der Waals surface area contributed by atoms with E-state index in [0.717, 1.165) is 5.92 Å². The van der Waals surface area contributed by atoms with E-state index in [9.17, 15) is 0 Å². The number of thiol groups is 1. The van der Waals surface area contributed by atoms with Gasteiger partial charge < -0.3 is 0 Å². The van der Waals surface area contributed by atoms with Gasteiger partial charge in [-0.05, 0) is 25.2 Å². The van der Waals surface area contributed by atoms with Gasteiger partial charge in [-0.1, -0.05) is 26.0 Å². The van der Waals surface area contributed by atoms with Crippen LogP contribution in [0.15, 0.2) is 12.2 Å². The molecule has 0 spiro atoms. The van der Waals surface area contributed by atoms with Gasteiger partial charge in [0.2, 0.25) is 0 Å². The van der Waals surface area contributed by atoms with E-state index in [0.29, 0.717) is 0 Å². The molecule has 0 radical (unpaired) electrons. The SMILES string of the molecule is C=C1[C@@H]2CC[C@@](S)(C2)C1(C)C. The summed E-state index contributed by atoms with van der Waals surface area (Å²) in [6, 6.07) is 0. The van der Waals surface area contributed by atoms with Crippen molar-refractivity contribution in [3.63, 3.8) is 0 Å². The molecule has 0 heterocycles. The monoisotopic (exact) mass is 168 g/mol. The van der Waals surface area contributed by atoms with E-state index >= 15 is 0 Å². The molecular weight excluding hydrogens is 152 g/mol. The van der Waals surface area contributed by atoms with Gasteiger partial charge in [0.05, 0.1) is 0 Å². The van der Waals surface area contributed by atoms with Crippen LogP contribution in [0.5, 0.6) is 0 Å². The Morgan fingerprint density at radius 3 is 2.45 bits per heavy atom. The zero-order valence-corrected chi connectivity index (χ0v) is 8.25. The highest BCUT2D eigenvalue weighted by Gasteiger charge is 2.56. The number of fused-ring (bicyclic) bond motifs is 2. The average Bonchev–Trinajstić information content (AvgIpc) is 2.36. The summed E-state index contributed by atoms with van der Waals surface area (Å²) in [5.41, 5.74) is 1.72. The molecule has 2 bridgehead atoms. The Morgan fingerprint density at radius 2 is 2.18 bits per heavy atom. The summed E-state index contributed by atoms with van der Waals surface area (Å²) in [4.78, 5) is 0. The molecule has 2 atom stereocenters. The first-order valence-electron chi connectivity index (χ1n) is 4.39.